The average molecular weight is 286 g/mol. The van der Waals surface area contributed by atoms with Gasteiger partial charge in [-0.1, -0.05) is 0 Å². The van der Waals surface area contributed by atoms with Gasteiger partial charge in [-0.3, -0.25) is 9.59 Å². The third-order valence-electron chi connectivity index (χ3n) is 3.84. The van der Waals surface area contributed by atoms with Crippen molar-refractivity contribution in [2.45, 2.75) is 32.7 Å². The molecule has 0 unspecified atom stereocenters. The van der Waals surface area contributed by atoms with E-state index in [1.54, 1.807) is 30.2 Å². The first-order valence-corrected chi connectivity index (χ1v) is 7.08. The number of nitrogens with zero attached hydrogens (tertiary/aromatic N) is 2. The number of hydrogen-bond acceptors (Lipinski definition) is 3. The molecule has 21 heavy (non-hydrogen) atoms. The minimum Gasteiger partial charge on any atom is -0.344 e. The molecule has 0 spiro atoms. The van der Waals surface area contributed by atoms with Crippen molar-refractivity contribution in [2.75, 3.05) is 6.54 Å². The minimum atomic E-state index is -0.332. The fraction of sp³-hybridized carbons (Fsp3) is 0.400. The standard InChI is InChI=1S/C15H18N4O2/c1-9-5-6-11(14(20)18-9)15(21)19-7-3-4-12(19)13-16-8-10(2)17-13/h5-6,8,12H,3-4,7H2,1-2H3,(H,16,17)(H,18,20)/t12-/m0/s1. The van der Waals surface area contributed by atoms with Crippen molar-refractivity contribution >= 4 is 5.91 Å². The summed E-state index contributed by atoms with van der Waals surface area (Å²) in [4.78, 5) is 36.5. The number of likely N-dealkylation sites (tertiary alicyclic amines) is 1. The van der Waals surface area contributed by atoms with Gasteiger partial charge >= 0.3 is 0 Å². The summed E-state index contributed by atoms with van der Waals surface area (Å²) in [5, 5.41) is 0. The number of pyridine rings is 1. The number of rotatable bonds is 2. The summed E-state index contributed by atoms with van der Waals surface area (Å²) in [5.74, 6) is 0.565. The second-order valence-corrected chi connectivity index (χ2v) is 5.49. The summed E-state index contributed by atoms with van der Waals surface area (Å²) in [7, 11) is 0. The number of hydrogen-bond donors (Lipinski definition) is 2. The molecule has 1 atom stereocenters. The molecule has 110 valence electrons. The van der Waals surface area contributed by atoms with E-state index in [9.17, 15) is 9.59 Å². The molecule has 0 aromatic carbocycles. The van der Waals surface area contributed by atoms with Gasteiger partial charge in [0.25, 0.3) is 11.5 Å². The molecule has 2 aromatic rings. The van der Waals surface area contributed by atoms with E-state index in [1.165, 1.54) is 0 Å². The lowest BCUT2D eigenvalue weighted by molar-refractivity contribution is 0.0728. The highest BCUT2D eigenvalue weighted by Gasteiger charge is 2.33. The summed E-state index contributed by atoms with van der Waals surface area (Å²) in [6.45, 7) is 4.37. The Labute approximate surface area is 122 Å². The van der Waals surface area contributed by atoms with Gasteiger partial charge in [-0.15, -0.1) is 0 Å². The monoisotopic (exact) mass is 286 g/mol. The number of aromatic nitrogens is 3. The summed E-state index contributed by atoms with van der Waals surface area (Å²) in [6, 6.07) is 3.27. The van der Waals surface area contributed by atoms with Crippen LogP contribution in [0.1, 0.15) is 46.5 Å². The smallest absolute Gasteiger partial charge is 0.260 e. The molecule has 0 aliphatic carbocycles. The van der Waals surface area contributed by atoms with Gasteiger partial charge in [0, 0.05) is 24.1 Å². The van der Waals surface area contributed by atoms with E-state index >= 15 is 0 Å². The number of aryl methyl sites for hydroxylation is 2. The van der Waals surface area contributed by atoms with E-state index in [2.05, 4.69) is 15.0 Å². The Morgan fingerprint density at radius 3 is 2.76 bits per heavy atom. The van der Waals surface area contributed by atoms with Crippen LogP contribution in [0.5, 0.6) is 0 Å². The van der Waals surface area contributed by atoms with Crippen molar-refractivity contribution in [2.24, 2.45) is 0 Å². The number of carbonyl (C=O) groups excluding carboxylic acids is 1. The van der Waals surface area contributed by atoms with Crippen LogP contribution in [0.4, 0.5) is 0 Å². The number of amides is 1. The fourth-order valence-electron chi connectivity index (χ4n) is 2.79. The average Bonchev–Trinajstić information content (AvgIpc) is 3.06. The zero-order chi connectivity index (χ0) is 15.0. The second-order valence-electron chi connectivity index (χ2n) is 5.49. The lowest BCUT2D eigenvalue weighted by atomic mass is 10.2. The zero-order valence-corrected chi connectivity index (χ0v) is 12.1. The van der Waals surface area contributed by atoms with Gasteiger partial charge in [-0.2, -0.15) is 0 Å². The first-order chi connectivity index (χ1) is 10.1. The predicted octanol–water partition coefficient (Wildman–Crippen LogP) is 1.69. The van der Waals surface area contributed by atoms with Gasteiger partial charge in [-0.05, 0) is 38.8 Å². The van der Waals surface area contributed by atoms with E-state index < -0.39 is 0 Å². The van der Waals surface area contributed by atoms with Crippen molar-refractivity contribution < 1.29 is 4.79 Å². The maximum absolute atomic E-state index is 12.6. The molecule has 1 aliphatic heterocycles. The number of H-pyrrole nitrogens is 2. The number of nitrogens with one attached hydrogen (secondary N) is 2. The molecule has 6 heteroatoms. The molecule has 3 heterocycles. The SMILES string of the molecule is Cc1cnc([C@@H]2CCCN2C(=O)c2ccc(C)[nH]c2=O)[nH]1. The molecule has 1 aliphatic rings. The largest absolute Gasteiger partial charge is 0.344 e. The molecule has 6 nitrogen and oxygen atoms in total. The summed E-state index contributed by atoms with van der Waals surface area (Å²) in [6.07, 6.45) is 3.54. The van der Waals surface area contributed by atoms with Crippen LogP contribution >= 0.6 is 0 Å². The van der Waals surface area contributed by atoms with E-state index in [1.807, 2.05) is 6.92 Å². The molecule has 0 saturated carbocycles. The van der Waals surface area contributed by atoms with E-state index in [-0.39, 0.29) is 23.1 Å². The van der Waals surface area contributed by atoms with Gasteiger partial charge in [0.15, 0.2) is 0 Å². The molecule has 0 radical (unpaired) electrons. The van der Waals surface area contributed by atoms with Crippen LogP contribution in [0, 0.1) is 13.8 Å². The Morgan fingerprint density at radius 1 is 1.29 bits per heavy atom. The molecule has 1 amide bonds. The lowest BCUT2D eigenvalue weighted by Gasteiger charge is -2.23. The van der Waals surface area contributed by atoms with E-state index in [0.29, 0.717) is 6.54 Å². The van der Waals surface area contributed by atoms with Crippen LogP contribution in [-0.2, 0) is 0 Å². The van der Waals surface area contributed by atoms with Crippen LogP contribution in [0.25, 0.3) is 0 Å². The third kappa shape index (κ3) is 2.49. The molecule has 3 rings (SSSR count). The van der Waals surface area contributed by atoms with Gasteiger partial charge in [-0.25, -0.2) is 4.98 Å². The molecule has 0 bridgehead atoms. The maximum atomic E-state index is 12.6. The van der Waals surface area contributed by atoms with Gasteiger partial charge in [0.1, 0.15) is 11.4 Å². The van der Waals surface area contributed by atoms with Crippen molar-refractivity contribution in [3.05, 3.63) is 51.5 Å². The number of carbonyl (C=O) groups is 1. The Morgan fingerprint density at radius 2 is 2.10 bits per heavy atom. The van der Waals surface area contributed by atoms with Crippen LogP contribution in [0.15, 0.2) is 23.1 Å². The topological polar surface area (TPSA) is 81.8 Å². The summed E-state index contributed by atoms with van der Waals surface area (Å²) in [5.41, 5.74) is 1.57. The molecular weight excluding hydrogens is 268 g/mol. The molecule has 1 fully saturated rings. The first-order valence-electron chi connectivity index (χ1n) is 7.08. The second kappa shape index (κ2) is 5.20. The van der Waals surface area contributed by atoms with Crippen LogP contribution in [-0.4, -0.2) is 32.3 Å². The molecule has 2 aromatic heterocycles. The van der Waals surface area contributed by atoms with Gasteiger partial charge < -0.3 is 14.9 Å². The molecule has 1 saturated heterocycles. The van der Waals surface area contributed by atoms with Gasteiger partial charge in [0.05, 0.1) is 6.04 Å². The highest BCUT2D eigenvalue weighted by Crippen LogP contribution is 2.31. The van der Waals surface area contributed by atoms with Crippen molar-refractivity contribution in [3.8, 4) is 0 Å². The van der Waals surface area contributed by atoms with Crippen molar-refractivity contribution in [3.63, 3.8) is 0 Å². The summed E-state index contributed by atoms with van der Waals surface area (Å²) < 4.78 is 0. The van der Waals surface area contributed by atoms with Crippen LogP contribution in [0.2, 0.25) is 0 Å². The van der Waals surface area contributed by atoms with E-state index in [4.69, 9.17) is 0 Å². The first kappa shape index (κ1) is 13.6. The number of aromatic amines is 2. The van der Waals surface area contributed by atoms with Crippen LogP contribution < -0.4 is 5.56 Å². The Balaban J connectivity index is 1.91. The van der Waals surface area contributed by atoms with E-state index in [0.717, 1.165) is 30.1 Å². The maximum Gasteiger partial charge on any atom is 0.260 e. The fourth-order valence-corrected chi connectivity index (χ4v) is 2.79. The zero-order valence-electron chi connectivity index (χ0n) is 12.1. The van der Waals surface area contributed by atoms with Crippen molar-refractivity contribution in [1.82, 2.24) is 19.9 Å². The Bertz CT molecular complexity index is 731. The molecule has 2 N–H and O–H groups in total. The predicted molar refractivity (Wildman–Crippen MR) is 78.1 cm³/mol. The summed E-state index contributed by atoms with van der Waals surface area (Å²) >= 11 is 0. The van der Waals surface area contributed by atoms with Gasteiger partial charge in [0.2, 0.25) is 0 Å². The third-order valence-corrected chi connectivity index (χ3v) is 3.84. The van der Waals surface area contributed by atoms with Crippen molar-refractivity contribution in [1.29, 1.82) is 0 Å². The highest BCUT2D eigenvalue weighted by atomic mass is 16.2. The quantitative estimate of drug-likeness (QED) is 0.881. The normalized spacial score (nSPS) is 18.2. The lowest BCUT2D eigenvalue weighted by Crippen LogP contribution is -2.34. The Hall–Kier alpha value is -2.37. The highest BCUT2D eigenvalue weighted by molar-refractivity contribution is 5.94. The Kier molecular flexibility index (Phi) is 3.37. The van der Waals surface area contributed by atoms with Crippen LogP contribution in [0.3, 0.4) is 0 Å². The minimum absolute atomic E-state index is 0.0769. The number of imidazole rings is 1. The molecular formula is C15H18N4O2.